The van der Waals surface area contributed by atoms with Gasteiger partial charge in [0.15, 0.2) is 0 Å². The van der Waals surface area contributed by atoms with Crippen molar-refractivity contribution >= 4 is 0 Å². The third kappa shape index (κ3) is 2.57. The number of rotatable bonds is 3. The van der Waals surface area contributed by atoms with Gasteiger partial charge in [0.1, 0.15) is 0 Å². The fourth-order valence-corrected chi connectivity index (χ4v) is 3.59. The van der Waals surface area contributed by atoms with Crippen LogP contribution < -0.4 is 0 Å². The Morgan fingerprint density at radius 3 is 0.750 bits per heavy atom. The van der Waals surface area contributed by atoms with Gasteiger partial charge in [-0.3, -0.25) is 0 Å². The quantitative estimate of drug-likeness (QED) is 0.616. The summed E-state index contributed by atoms with van der Waals surface area (Å²) >= 11 is 0. The Kier molecular flexibility index (Phi) is 4.92. The molecule has 0 heteroatoms. The molecule has 0 aromatic carbocycles. The average Bonchev–Trinajstić information content (AvgIpc) is 2.72. The van der Waals surface area contributed by atoms with E-state index in [9.17, 15) is 0 Å². The van der Waals surface area contributed by atoms with Gasteiger partial charge in [0, 0.05) is 0 Å². The first-order valence-electron chi connectivity index (χ1n) is 7.71. The SMILES string of the molecule is C[C]1[C](C)[C](C)[C](CC[C]2[C](C)[C](C)[C](C)[C]2C)[C]1C. The molecule has 0 aromatic heterocycles. The smallest absolute Gasteiger partial charge is 0.00993 e. The Morgan fingerprint density at radius 2 is 0.550 bits per heavy atom. The Morgan fingerprint density at radius 1 is 0.350 bits per heavy atom. The maximum absolute atomic E-state index is 2.28. The third-order valence-electron chi connectivity index (χ3n) is 5.81. The van der Waals surface area contributed by atoms with Crippen LogP contribution in [0, 0.1) is 59.2 Å². The first-order chi connectivity index (χ1) is 9.27. The molecular formula is C20H28. The largest absolute Gasteiger partial charge is 0.0579 e. The lowest BCUT2D eigenvalue weighted by atomic mass is 9.79. The molecule has 108 valence electrons. The maximum atomic E-state index is 2.28. The Labute approximate surface area is 128 Å². The van der Waals surface area contributed by atoms with Gasteiger partial charge in [-0.1, -0.05) is 55.4 Å². The van der Waals surface area contributed by atoms with Crippen molar-refractivity contribution in [3.8, 4) is 0 Å². The molecule has 0 N–H and O–H groups in total. The van der Waals surface area contributed by atoms with Crippen molar-refractivity contribution in [1.82, 2.24) is 0 Å². The summed E-state index contributed by atoms with van der Waals surface area (Å²) in [4.78, 5) is 0. The van der Waals surface area contributed by atoms with Gasteiger partial charge in [-0.05, 0) is 72.0 Å². The molecule has 0 amide bonds. The summed E-state index contributed by atoms with van der Waals surface area (Å²) in [5.41, 5.74) is 0. The Balaban J connectivity index is 1.96. The molecule has 0 saturated heterocycles. The van der Waals surface area contributed by atoms with Crippen LogP contribution in [-0.4, -0.2) is 0 Å². The van der Waals surface area contributed by atoms with Crippen molar-refractivity contribution in [3.63, 3.8) is 0 Å². The molecular weight excluding hydrogens is 240 g/mol. The maximum Gasteiger partial charge on any atom is -0.00993 e. The molecule has 2 aliphatic rings. The van der Waals surface area contributed by atoms with E-state index >= 15 is 0 Å². The average molecular weight is 268 g/mol. The molecule has 0 atom stereocenters. The highest BCUT2D eigenvalue weighted by Crippen LogP contribution is 2.57. The second-order valence-electron chi connectivity index (χ2n) is 6.46. The second-order valence-corrected chi connectivity index (χ2v) is 6.46. The lowest BCUT2D eigenvalue weighted by Crippen LogP contribution is -2.13. The molecule has 0 aliphatic heterocycles. The lowest BCUT2D eigenvalue weighted by Gasteiger charge is -2.25. The fraction of sp³-hybridized carbons (Fsp3) is 0.500. The molecule has 0 nitrogen and oxygen atoms in total. The summed E-state index contributed by atoms with van der Waals surface area (Å²) < 4.78 is 0. The van der Waals surface area contributed by atoms with Gasteiger partial charge in [-0.15, -0.1) is 0 Å². The molecule has 2 saturated carbocycles. The Bertz CT molecular complexity index is 260. The first kappa shape index (κ1) is 16.4. The number of hydrogen-bond donors (Lipinski definition) is 0. The Hall–Kier alpha value is 0. The summed E-state index contributed by atoms with van der Waals surface area (Å²) in [6.45, 7) is 18.2. The highest BCUT2D eigenvalue weighted by molar-refractivity contribution is 5.61. The predicted molar refractivity (Wildman–Crippen MR) is 87.1 cm³/mol. The van der Waals surface area contributed by atoms with Gasteiger partial charge >= 0.3 is 0 Å². The van der Waals surface area contributed by atoms with E-state index in [1.807, 2.05) is 0 Å². The van der Waals surface area contributed by atoms with E-state index in [0.29, 0.717) is 0 Å². The van der Waals surface area contributed by atoms with Gasteiger partial charge in [0.2, 0.25) is 0 Å². The molecule has 0 unspecified atom stereocenters. The zero-order chi connectivity index (χ0) is 15.2. The van der Waals surface area contributed by atoms with Crippen LogP contribution >= 0.6 is 0 Å². The van der Waals surface area contributed by atoms with E-state index in [1.54, 1.807) is 11.8 Å². The van der Waals surface area contributed by atoms with Crippen LogP contribution in [0.25, 0.3) is 0 Å². The van der Waals surface area contributed by atoms with Gasteiger partial charge in [-0.25, -0.2) is 0 Å². The fourth-order valence-electron chi connectivity index (χ4n) is 3.59. The van der Waals surface area contributed by atoms with Gasteiger partial charge in [0.05, 0.1) is 0 Å². The van der Waals surface area contributed by atoms with E-state index in [1.165, 1.54) is 60.2 Å². The standard InChI is InChI=1S/C20H28/c1-11-12(2)16(6)19(15(11)5)9-10-20-17(7)13(3)14(4)18(20)8/h9-10H2,1-8H3. The monoisotopic (exact) mass is 268 g/mol. The van der Waals surface area contributed by atoms with Crippen molar-refractivity contribution in [2.75, 3.05) is 0 Å². The zero-order valence-corrected chi connectivity index (χ0v) is 14.4. The normalized spacial score (nSPS) is 29.4. The topological polar surface area (TPSA) is 0 Å². The van der Waals surface area contributed by atoms with E-state index in [-0.39, 0.29) is 0 Å². The van der Waals surface area contributed by atoms with Gasteiger partial charge < -0.3 is 0 Å². The molecule has 0 spiro atoms. The highest BCUT2D eigenvalue weighted by atomic mass is 14.5. The van der Waals surface area contributed by atoms with Crippen LogP contribution in [0.1, 0.15) is 68.2 Å². The molecule has 0 aromatic rings. The molecule has 0 bridgehead atoms. The van der Waals surface area contributed by atoms with E-state index in [4.69, 9.17) is 0 Å². The molecule has 2 aliphatic carbocycles. The molecule has 2 fully saturated rings. The van der Waals surface area contributed by atoms with Crippen molar-refractivity contribution in [1.29, 1.82) is 0 Å². The van der Waals surface area contributed by atoms with Crippen LogP contribution in [-0.2, 0) is 0 Å². The molecule has 2 rings (SSSR count). The summed E-state index contributed by atoms with van der Waals surface area (Å²) in [6.07, 6.45) is 2.35. The molecule has 10 radical (unpaired) electrons. The minimum absolute atomic E-state index is 1.18. The van der Waals surface area contributed by atoms with Crippen LogP contribution in [0.4, 0.5) is 0 Å². The minimum Gasteiger partial charge on any atom is -0.0579 e. The van der Waals surface area contributed by atoms with Crippen molar-refractivity contribution in [3.05, 3.63) is 59.2 Å². The molecule has 20 heavy (non-hydrogen) atoms. The summed E-state index contributed by atoms with van der Waals surface area (Å²) in [7, 11) is 0. The van der Waals surface area contributed by atoms with Crippen molar-refractivity contribution < 1.29 is 0 Å². The summed E-state index contributed by atoms with van der Waals surface area (Å²) in [5, 5.41) is 0. The molecule has 0 heterocycles. The third-order valence-corrected chi connectivity index (χ3v) is 5.81. The zero-order valence-electron chi connectivity index (χ0n) is 14.4. The number of hydrogen-bond acceptors (Lipinski definition) is 0. The van der Waals surface area contributed by atoms with E-state index in [2.05, 4.69) is 55.4 Å². The van der Waals surface area contributed by atoms with Crippen molar-refractivity contribution in [2.24, 2.45) is 0 Å². The predicted octanol–water partition coefficient (Wildman–Crippen LogP) is 5.70. The van der Waals surface area contributed by atoms with Gasteiger partial charge in [-0.2, -0.15) is 0 Å². The van der Waals surface area contributed by atoms with Crippen LogP contribution in [0.3, 0.4) is 0 Å². The van der Waals surface area contributed by atoms with Crippen LogP contribution in [0.2, 0.25) is 0 Å². The van der Waals surface area contributed by atoms with E-state index < -0.39 is 0 Å². The minimum atomic E-state index is 1.18. The first-order valence-corrected chi connectivity index (χ1v) is 7.71. The van der Waals surface area contributed by atoms with E-state index in [0.717, 1.165) is 0 Å². The lowest BCUT2D eigenvalue weighted by molar-refractivity contribution is 0.725. The van der Waals surface area contributed by atoms with Crippen LogP contribution in [0.5, 0.6) is 0 Å². The van der Waals surface area contributed by atoms with Crippen molar-refractivity contribution in [2.45, 2.75) is 68.2 Å². The second kappa shape index (κ2) is 6.01. The summed E-state index contributed by atoms with van der Waals surface area (Å²) in [6, 6.07) is 0. The summed E-state index contributed by atoms with van der Waals surface area (Å²) in [5.74, 6) is 15.1. The highest BCUT2D eigenvalue weighted by Gasteiger charge is 2.46. The van der Waals surface area contributed by atoms with Gasteiger partial charge in [0.25, 0.3) is 0 Å². The van der Waals surface area contributed by atoms with Crippen LogP contribution in [0.15, 0.2) is 0 Å².